The number of nitrogens with one attached hydrogen (secondary N) is 1. The van der Waals surface area contributed by atoms with Gasteiger partial charge in [-0.2, -0.15) is 0 Å². The van der Waals surface area contributed by atoms with Crippen LogP contribution in [-0.2, 0) is 9.47 Å². The molecule has 7 heteroatoms. The molecule has 0 saturated carbocycles. The number of carbonyl (C=O) groups is 2. The molecule has 0 atom stereocenters. The molecule has 1 N–H and O–H groups in total. The summed E-state index contributed by atoms with van der Waals surface area (Å²) in [6.07, 6.45) is -0.0432. The monoisotopic (exact) mass is 353 g/mol. The third-order valence-electron chi connectivity index (χ3n) is 2.93. The zero-order valence-corrected chi connectivity index (χ0v) is 14.7. The van der Waals surface area contributed by atoms with Crippen molar-refractivity contribution in [2.24, 2.45) is 0 Å². The molecule has 0 bridgehead atoms. The fourth-order valence-corrected chi connectivity index (χ4v) is 2.91. The number of hydrogen-bond donors (Lipinski definition) is 1. The minimum absolute atomic E-state index is 0.158. The van der Waals surface area contributed by atoms with Crippen molar-refractivity contribution in [3.05, 3.63) is 35.0 Å². The van der Waals surface area contributed by atoms with E-state index in [0.717, 1.165) is 0 Å². The summed E-state index contributed by atoms with van der Waals surface area (Å²) in [5, 5.41) is 3.00. The van der Waals surface area contributed by atoms with Gasteiger partial charge < -0.3 is 14.8 Å². The van der Waals surface area contributed by atoms with Crippen LogP contribution in [0.3, 0.4) is 0 Å². The van der Waals surface area contributed by atoms with Gasteiger partial charge in [0, 0.05) is 16.6 Å². The Balaban J connectivity index is 1.75. The molecule has 0 radical (unpaired) electrons. The maximum Gasteiger partial charge on any atom is 0.407 e. The van der Waals surface area contributed by atoms with E-state index >= 15 is 0 Å². The van der Waals surface area contributed by atoms with Crippen LogP contribution in [0.5, 0.6) is 0 Å². The van der Waals surface area contributed by atoms with Gasteiger partial charge in [0.2, 0.25) is 0 Å². The lowest BCUT2D eigenvalue weighted by Gasteiger charge is -2.19. The number of alkyl carbamates (subject to hydrolysis) is 1. The highest BCUT2D eigenvalue weighted by Crippen LogP contribution is 2.28. The molecule has 0 spiro atoms. The molecule has 1 aromatic carbocycles. The maximum absolute atomic E-state index is 13.6. The molecule has 0 unspecified atom stereocenters. The van der Waals surface area contributed by atoms with Crippen molar-refractivity contribution >= 4 is 33.5 Å². The summed E-state index contributed by atoms with van der Waals surface area (Å²) in [6, 6.07) is 6.21. The molecule has 130 valence electrons. The highest BCUT2D eigenvalue weighted by atomic mass is 32.1. The van der Waals surface area contributed by atoms with Gasteiger partial charge in [-0.15, -0.1) is 11.3 Å². The first-order valence-electron chi connectivity index (χ1n) is 7.58. The molecule has 0 aliphatic carbocycles. The van der Waals surface area contributed by atoms with Gasteiger partial charge in [-0.1, -0.05) is 6.07 Å². The van der Waals surface area contributed by atoms with Gasteiger partial charge in [0.15, 0.2) is 0 Å². The van der Waals surface area contributed by atoms with E-state index in [4.69, 9.17) is 9.47 Å². The van der Waals surface area contributed by atoms with Gasteiger partial charge in [-0.3, -0.25) is 0 Å². The Kier molecular flexibility index (Phi) is 5.77. The highest BCUT2D eigenvalue weighted by molar-refractivity contribution is 7.20. The first-order valence-corrected chi connectivity index (χ1v) is 8.40. The number of fused-ring (bicyclic) bond motifs is 1. The summed E-state index contributed by atoms with van der Waals surface area (Å²) in [6.45, 7) is 5.83. The van der Waals surface area contributed by atoms with E-state index in [1.54, 1.807) is 32.9 Å². The molecule has 2 aromatic rings. The van der Waals surface area contributed by atoms with Crippen molar-refractivity contribution in [3.8, 4) is 0 Å². The second-order valence-corrected chi connectivity index (χ2v) is 7.26. The molecule has 0 saturated heterocycles. The smallest absolute Gasteiger partial charge is 0.407 e. The Morgan fingerprint density at radius 2 is 2.04 bits per heavy atom. The minimum Gasteiger partial charge on any atom is -0.461 e. The Labute approximate surface area is 143 Å². The average Bonchev–Trinajstić information content (AvgIpc) is 2.90. The van der Waals surface area contributed by atoms with Crippen LogP contribution in [0.15, 0.2) is 24.3 Å². The summed E-state index contributed by atoms with van der Waals surface area (Å²) in [5.41, 5.74) is -0.549. The minimum atomic E-state index is -0.549. The van der Waals surface area contributed by atoms with Crippen molar-refractivity contribution in [2.45, 2.75) is 32.8 Å². The highest BCUT2D eigenvalue weighted by Gasteiger charge is 2.16. The zero-order valence-electron chi connectivity index (χ0n) is 13.8. The zero-order chi connectivity index (χ0) is 17.7. The standard InChI is InChI=1S/C17H20FNO4S/c1-17(2,3)23-16(21)19-8-5-9-22-15(20)14-10-11-12(18)6-4-7-13(11)24-14/h4,6-7,10H,5,8-9H2,1-3H3,(H,19,21). The lowest BCUT2D eigenvalue weighted by Crippen LogP contribution is -2.33. The summed E-state index contributed by atoms with van der Waals surface area (Å²) in [7, 11) is 0. The number of carbonyl (C=O) groups excluding carboxylic acids is 2. The van der Waals surface area contributed by atoms with Crippen LogP contribution in [0, 0.1) is 5.82 Å². The number of esters is 1. The number of rotatable bonds is 5. The summed E-state index contributed by atoms with van der Waals surface area (Å²) in [4.78, 5) is 23.8. The molecular weight excluding hydrogens is 333 g/mol. The maximum atomic E-state index is 13.6. The van der Waals surface area contributed by atoms with Gasteiger partial charge in [-0.25, -0.2) is 14.0 Å². The number of thiophene rings is 1. The van der Waals surface area contributed by atoms with E-state index in [-0.39, 0.29) is 12.4 Å². The predicted molar refractivity (Wildman–Crippen MR) is 90.9 cm³/mol. The van der Waals surface area contributed by atoms with Crippen LogP contribution in [0.2, 0.25) is 0 Å². The Morgan fingerprint density at radius 1 is 1.29 bits per heavy atom. The van der Waals surface area contributed by atoms with Crippen molar-refractivity contribution in [1.29, 1.82) is 0 Å². The van der Waals surface area contributed by atoms with E-state index in [2.05, 4.69) is 5.32 Å². The van der Waals surface area contributed by atoms with Gasteiger partial charge >= 0.3 is 12.1 Å². The van der Waals surface area contributed by atoms with Crippen molar-refractivity contribution in [1.82, 2.24) is 5.32 Å². The lowest BCUT2D eigenvalue weighted by molar-refractivity contribution is 0.0487. The quantitative estimate of drug-likeness (QED) is 0.649. The summed E-state index contributed by atoms with van der Waals surface area (Å²) in [5.74, 6) is -0.850. The Hall–Kier alpha value is -2.15. The van der Waals surface area contributed by atoms with E-state index in [0.29, 0.717) is 27.9 Å². The second-order valence-electron chi connectivity index (χ2n) is 6.18. The first kappa shape index (κ1) is 18.2. The van der Waals surface area contributed by atoms with Crippen molar-refractivity contribution in [3.63, 3.8) is 0 Å². The second kappa shape index (κ2) is 7.61. The SMILES string of the molecule is CC(C)(C)OC(=O)NCCCOC(=O)c1cc2c(F)cccc2s1. The van der Waals surface area contributed by atoms with Gasteiger partial charge in [0.1, 0.15) is 16.3 Å². The molecule has 5 nitrogen and oxygen atoms in total. The van der Waals surface area contributed by atoms with E-state index in [1.807, 2.05) is 0 Å². The van der Waals surface area contributed by atoms with Crippen molar-refractivity contribution in [2.75, 3.05) is 13.2 Å². The third kappa shape index (κ3) is 5.19. The Morgan fingerprint density at radius 3 is 2.71 bits per heavy atom. The van der Waals surface area contributed by atoms with Gasteiger partial charge in [-0.05, 0) is 45.4 Å². The molecule has 0 fully saturated rings. The molecular formula is C17H20FNO4S. The summed E-state index contributed by atoms with van der Waals surface area (Å²) >= 11 is 1.19. The van der Waals surface area contributed by atoms with Crippen molar-refractivity contribution < 1.29 is 23.5 Å². The fraction of sp³-hybridized carbons (Fsp3) is 0.412. The van der Waals surface area contributed by atoms with E-state index in [9.17, 15) is 14.0 Å². The lowest BCUT2D eigenvalue weighted by atomic mass is 10.2. The first-order chi connectivity index (χ1) is 11.3. The topological polar surface area (TPSA) is 64.6 Å². The van der Waals surface area contributed by atoms with Crippen LogP contribution in [0.4, 0.5) is 9.18 Å². The summed E-state index contributed by atoms with van der Waals surface area (Å²) < 4.78 is 24.5. The molecule has 0 aliphatic rings. The molecule has 1 aromatic heterocycles. The average molecular weight is 353 g/mol. The van der Waals surface area contributed by atoms with E-state index < -0.39 is 17.7 Å². The van der Waals surface area contributed by atoms with Crippen LogP contribution < -0.4 is 5.32 Å². The molecule has 0 aliphatic heterocycles. The van der Waals surface area contributed by atoms with Crippen LogP contribution in [0.25, 0.3) is 10.1 Å². The number of hydrogen-bond acceptors (Lipinski definition) is 5. The molecule has 1 amide bonds. The fourth-order valence-electron chi connectivity index (χ4n) is 1.94. The molecule has 1 heterocycles. The Bertz CT molecular complexity index is 736. The normalized spacial score (nSPS) is 11.3. The van der Waals surface area contributed by atoms with Crippen LogP contribution in [-0.4, -0.2) is 30.8 Å². The number of halogens is 1. The van der Waals surface area contributed by atoms with Gasteiger partial charge in [0.05, 0.1) is 6.61 Å². The largest absolute Gasteiger partial charge is 0.461 e. The van der Waals surface area contributed by atoms with E-state index in [1.165, 1.54) is 23.5 Å². The number of ether oxygens (including phenoxy) is 2. The molecule has 2 rings (SSSR count). The van der Waals surface area contributed by atoms with Crippen LogP contribution >= 0.6 is 11.3 Å². The molecule has 24 heavy (non-hydrogen) atoms. The number of amides is 1. The van der Waals surface area contributed by atoms with Gasteiger partial charge in [0.25, 0.3) is 0 Å². The third-order valence-corrected chi connectivity index (χ3v) is 4.01. The predicted octanol–water partition coefficient (Wildman–Crippen LogP) is 4.11. The van der Waals surface area contributed by atoms with Crippen LogP contribution in [0.1, 0.15) is 36.9 Å². The number of benzene rings is 1.